The van der Waals surface area contributed by atoms with Gasteiger partial charge in [0.2, 0.25) is 0 Å². The molecule has 0 aliphatic carbocycles. The van der Waals surface area contributed by atoms with Crippen LogP contribution in [0, 0.1) is 0 Å². The Morgan fingerprint density at radius 1 is 1.37 bits per heavy atom. The maximum atomic E-state index is 11.8. The number of aliphatic hydroxyl groups excluding tert-OH is 1. The first-order valence-electron chi connectivity index (χ1n) is 6.01. The van der Waals surface area contributed by atoms with Crippen molar-refractivity contribution in [1.82, 2.24) is 25.1 Å². The number of aliphatic hydroxyl groups is 1. The molecule has 2 aromatic rings. The van der Waals surface area contributed by atoms with Crippen molar-refractivity contribution in [2.75, 3.05) is 13.2 Å². The molecule has 100 valence electrons. The Kier molecular flexibility index (Phi) is 4.57. The minimum Gasteiger partial charge on any atom is -0.396 e. The fraction of sp³-hybridized carbons (Fsp3) is 0.333. The van der Waals surface area contributed by atoms with Gasteiger partial charge in [-0.25, -0.2) is 14.6 Å². The lowest BCUT2D eigenvalue weighted by Gasteiger charge is -2.05. The van der Waals surface area contributed by atoms with Crippen molar-refractivity contribution in [1.29, 1.82) is 0 Å². The third-order valence-electron chi connectivity index (χ3n) is 2.53. The van der Waals surface area contributed by atoms with E-state index in [0.717, 1.165) is 6.42 Å². The largest absolute Gasteiger partial charge is 0.396 e. The van der Waals surface area contributed by atoms with Crippen LogP contribution < -0.4 is 5.32 Å². The van der Waals surface area contributed by atoms with Gasteiger partial charge in [-0.1, -0.05) is 0 Å². The van der Waals surface area contributed by atoms with Crippen LogP contribution in [0.15, 0.2) is 31.0 Å². The van der Waals surface area contributed by atoms with Crippen LogP contribution in [0.5, 0.6) is 0 Å². The Labute approximate surface area is 110 Å². The van der Waals surface area contributed by atoms with Crippen molar-refractivity contribution >= 4 is 5.91 Å². The SMILES string of the molecule is O=C(NCCCCO)c1ccc(-n2cncn2)nc1. The van der Waals surface area contributed by atoms with Gasteiger partial charge in [-0.3, -0.25) is 4.79 Å². The van der Waals surface area contributed by atoms with Gasteiger partial charge >= 0.3 is 0 Å². The summed E-state index contributed by atoms with van der Waals surface area (Å²) in [5.41, 5.74) is 0.493. The lowest BCUT2D eigenvalue weighted by Crippen LogP contribution is -2.24. The average molecular weight is 261 g/mol. The fourth-order valence-electron chi connectivity index (χ4n) is 1.52. The van der Waals surface area contributed by atoms with Crippen LogP contribution in [0.2, 0.25) is 0 Å². The zero-order valence-corrected chi connectivity index (χ0v) is 10.4. The number of amides is 1. The highest BCUT2D eigenvalue weighted by atomic mass is 16.2. The minimum absolute atomic E-state index is 0.143. The summed E-state index contributed by atoms with van der Waals surface area (Å²) in [5, 5.41) is 15.3. The third kappa shape index (κ3) is 3.59. The van der Waals surface area contributed by atoms with Crippen molar-refractivity contribution in [2.24, 2.45) is 0 Å². The topological polar surface area (TPSA) is 92.9 Å². The highest BCUT2D eigenvalue weighted by Crippen LogP contribution is 2.03. The molecular formula is C12H15N5O2. The van der Waals surface area contributed by atoms with Crippen molar-refractivity contribution in [3.05, 3.63) is 36.5 Å². The number of unbranched alkanes of at least 4 members (excludes halogenated alkanes) is 1. The molecule has 0 unspecified atom stereocenters. The zero-order chi connectivity index (χ0) is 13.5. The van der Waals surface area contributed by atoms with Crippen molar-refractivity contribution in [3.63, 3.8) is 0 Å². The lowest BCUT2D eigenvalue weighted by molar-refractivity contribution is 0.0951. The van der Waals surface area contributed by atoms with Crippen molar-refractivity contribution < 1.29 is 9.90 Å². The van der Waals surface area contributed by atoms with Gasteiger partial charge in [0, 0.05) is 19.3 Å². The first-order valence-corrected chi connectivity index (χ1v) is 6.01. The number of hydrogen-bond donors (Lipinski definition) is 2. The smallest absolute Gasteiger partial charge is 0.252 e. The summed E-state index contributed by atoms with van der Waals surface area (Å²) in [4.78, 5) is 19.7. The number of nitrogens with one attached hydrogen (secondary N) is 1. The van der Waals surface area contributed by atoms with E-state index in [1.807, 2.05) is 0 Å². The van der Waals surface area contributed by atoms with E-state index in [4.69, 9.17) is 5.11 Å². The molecule has 1 amide bonds. The van der Waals surface area contributed by atoms with E-state index >= 15 is 0 Å². The van der Waals surface area contributed by atoms with Crippen LogP contribution in [-0.4, -0.2) is 43.9 Å². The van der Waals surface area contributed by atoms with Crippen molar-refractivity contribution in [2.45, 2.75) is 12.8 Å². The maximum absolute atomic E-state index is 11.8. The van der Waals surface area contributed by atoms with Gasteiger partial charge < -0.3 is 10.4 Å². The van der Waals surface area contributed by atoms with Gasteiger partial charge in [-0.2, -0.15) is 5.10 Å². The number of hydrogen-bond acceptors (Lipinski definition) is 5. The van der Waals surface area contributed by atoms with E-state index < -0.39 is 0 Å². The molecule has 0 fully saturated rings. The summed E-state index contributed by atoms with van der Waals surface area (Å²) in [5.74, 6) is 0.435. The maximum Gasteiger partial charge on any atom is 0.252 e. The zero-order valence-electron chi connectivity index (χ0n) is 10.4. The van der Waals surface area contributed by atoms with Gasteiger partial charge in [0.15, 0.2) is 5.82 Å². The summed E-state index contributed by atoms with van der Waals surface area (Å²) in [6, 6.07) is 3.39. The first kappa shape index (κ1) is 13.2. The molecule has 2 rings (SSSR count). The highest BCUT2D eigenvalue weighted by Gasteiger charge is 2.06. The number of pyridine rings is 1. The Balaban J connectivity index is 1.93. The molecule has 2 N–H and O–H groups in total. The van der Waals surface area contributed by atoms with E-state index in [9.17, 15) is 4.79 Å². The van der Waals surface area contributed by atoms with E-state index in [1.54, 1.807) is 12.1 Å². The Morgan fingerprint density at radius 3 is 2.89 bits per heavy atom. The standard InChI is InChI=1S/C12H15N5O2/c18-6-2-1-5-14-12(19)10-3-4-11(15-7-10)17-9-13-8-16-17/h3-4,7-9,18H,1-2,5-6H2,(H,14,19). The molecule has 0 saturated heterocycles. The lowest BCUT2D eigenvalue weighted by atomic mass is 10.2. The molecule has 7 heteroatoms. The Bertz CT molecular complexity index is 509. The summed E-state index contributed by atoms with van der Waals surface area (Å²) >= 11 is 0. The van der Waals surface area contributed by atoms with Gasteiger partial charge in [-0.05, 0) is 25.0 Å². The molecule has 0 saturated carbocycles. The molecule has 0 atom stereocenters. The fourth-order valence-corrected chi connectivity index (χ4v) is 1.52. The van der Waals surface area contributed by atoms with Gasteiger partial charge in [0.1, 0.15) is 12.7 Å². The van der Waals surface area contributed by atoms with E-state index in [1.165, 1.54) is 23.5 Å². The van der Waals surface area contributed by atoms with Gasteiger partial charge in [-0.15, -0.1) is 0 Å². The number of rotatable bonds is 6. The molecule has 0 aromatic carbocycles. The predicted octanol–water partition coefficient (Wildman–Crippen LogP) is 0.165. The molecule has 7 nitrogen and oxygen atoms in total. The second kappa shape index (κ2) is 6.60. The van der Waals surface area contributed by atoms with Crippen LogP contribution in [0.25, 0.3) is 5.82 Å². The number of carbonyl (C=O) groups is 1. The molecule has 0 aliphatic rings. The summed E-state index contributed by atoms with van der Waals surface area (Å²) in [7, 11) is 0. The molecule has 0 aliphatic heterocycles. The van der Waals surface area contributed by atoms with Crippen LogP contribution in [0.4, 0.5) is 0 Å². The summed E-state index contributed by atoms with van der Waals surface area (Å²) in [6.07, 6.45) is 5.90. The highest BCUT2D eigenvalue weighted by molar-refractivity contribution is 5.93. The van der Waals surface area contributed by atoms with Crippen LogP contribution in [-0.2, 0) is 0 Å². The Morgan fingerprint density at radius 2 is 2.26 bits per heavy atom. The molecular weight excluding hydrogens is 246 g/mol. The van der Waals surface area contributed by atoms with Crippen molar-refractivity contribution in [3.8, 4) is 5.82 Å². The van der Waals surface area contributed by atoms with E-state index in [-0.39, 0.29) is 12.5 Å². The normalized spacial score (nSPS) is 10.4. The molecule has 2 aromatic heterocycles. The van der Waals surface area contributed by atoms with E-state index in [2.05, 4.69) is 20.4 Å². The molecule has 0 spiro atoms. The number of carbonyl (C=O) groups excluding carboxylic acids is 1. The first-order chi connectivity index (χ1) is 9.31. The summed E-state index contributed by atoms with van der Waals surface area (Å²) in [6.45, 7) is 0.689. The summed E-state index contributed by atoms with van der Waals surface area (Å²) < 4.78 is 1.52. The average Bonchev–Trinajstić information content (AvgIpc) is 2.98. The molecule has 0 bridgehead atoms. The van der Waals surface area contributed by atoms with E-state index in [0.29, 0.717) is 24.3 Å². The molecule has 19 heavy (non-hydrogen) atoms. The second-order valence-corrected chi connectivity index (χ2v) is 3.93. The van der Waals surface area contributed by atoms with Crippen LogP contribution in [0.3, 0.4) is 0 Å². The molecule has 0 radical (unpaired) electrons. The predicted molar refractivity (Wildman–Crippen MR) is 67.8 cm³/mol. The van der Waals surface area contributed by atoms with Crippen LogP contribution in [0.1, 0.15) is 23.2 Å². The van der Waals surface area contributed by atoms with Gasteiger partial charge in [0.05, 0.1) is 5.56 Å². The number of aromatic nitrogens is 4. The quantitative estimate of drug-likeness (QED) is 0.723. The number of nitrogens with zero attached hydrogens (tertiary/aromatic N) is 4. The van der Waals surface area contributed by atoms with Gasteiger partial charge in [0.25, 0.3) is 5.91 Å². The third-order valence-corrected chi connectivity index (χ3v) is 2.53. The van der Waals surface area contributed by atoms with Crippen LogP contribution >= 0.6 is 0 Å². The monoisotopic (exact) mass is 261 g/mol. The Hall–Kier alpha value is -2.28. The minimum atomic E-state index is -0.171. The molecule has 2 heterocycles. The second-order valence-electron chi connectivity index (χ2n) is 3.93.